The van der Waals surface area contributed by atoms with E-state index in [1.54, 1.807) is 13.8 Å². The number of halogens is 1. The van der Waals surface area contributed by atoms with Crippen LogP contribution in [0.1, 0.15) is 104 Å². The van der Waals surface area contributed by atoms with E-state index in [9.17, 15) is 9.59 Å². The molecule has 0 saturated heterocycles. The van der Waals surface area contributed by atoms with E-state index in [0.29, 0.717) is 6.42 Å². The van der Waals surface area contributed by atoms with Crippen LogP contribution in [0.2, 0.25) is 0 Å². The van der Waals surface area contributed by atoms with Gasteiger partial charge < -0.3 is 9.47 Å². The lowest BCUT2D eigenvalue weighted by atomic mass is 10.0. The van der Waals surface area contributed by atoms with Gasteiger partial charge in [-0.25, -0.2) is 9.59 Å². The molecule has 0 aliphatic rings. The van der Waals surface area contributed by atoms with Gasteiger partial charge in [0.1, 0.15) is 0 Å². The van der Waals surface area contributed by atoms with E-state index in [4.69, 9.17) is 21.1 Å². The molecule has 158 valence electrons. The van der Waals surface area contributed by atoms with E-state index < -0.39 is 11.9 Å². The second kappa shape index (κ2) is 18.3. The molecule has 0 aliphatic heterocycles. The highest BCUT2D eigenvalue weighted by atomic mass is 35.5. The highest BCUT2D eigenvalue weighted by Crippen LogP contribution is 2.21. The van der Waals surface area contributed by atoms with Gasteiger partial charge in [-0.1, -0.05) is 89.2 Å². The maximum atomic E-state index is 12.0. The number of ether oxygens (including phenoxy) is 2. The van der Waals surface area contributed by atoms with Gasteiger partial charge in [-0.05, 0) is 26.7 Å². The Hall–Kier alpha value is -1.03. The number of hydrogen-bond donors (Lipinski definition) is 0. The van der Waals surface area contributed by atoms with Crippen molar-refractivity contribution in [2.45, 2.75) is 104 Å². The van der Waals surface area contributed by atoms with Crippen molar-refractivity contribution >= 4 is 23.5 Å². The molecule has 0 aromatic heterocycles. The summed E-state index contributed by atoms with van der Waals surface area (Å²) in [5, 5.41) is 0.249. The first-order valence-corrected chi connectivity index (χ1v) is 11.2. The van der Waals surface area contributed by atoms with Gasteiger partial charge >= 0.3 is 11.9 Å². The molecule has 4 nitrogen and oxygen atoms in total. The van der Waals surface area contributed by atoms with Crippen molar-refractivity contribution in [1.82, 2.24) is 0 Å². The number of hydrogen-bond acceptors (Lipinski definition) is 4. The van der Waals surface area contributed by atoms with Crippen LogP contribution in [0.15, 0.2) is 10.6 Å². The molecule has 0 heterocycles. The first-order valence-electron chi connectivity index (χ1n) is 10.8. The van der Waals surface area contributed by atoms with E-state index in [-0.39, 0.29) is 23.8 Å². The quantitative estimate of drug-likeness (QED) is 0.0892. The summed E-state index contributed by atoms with van der Waals surface area (Å²) in [5.74, 6) is -1.39. The molecule has 0 radical (unpaired) electrons. The predicted octanol–water partition coefficient (Wildman–Crippen LogP) is 6.70. The Kier molecular flexibility index (Phi) is 17.6. The number of allylic oxidation sites excluding steroid dienone is 1. The summed E-state index contributed by atoms with van der Waals surface area (Å²) >= 11 is 6.22. The number of unbranched alkanes of at least 4 members (excludes halogenated alkanes) is 11. The monoisotopic (exact) mass is 402 g/mol. The molecule has 0 atom stereocenters. The summed E-state index contributed by atoms with van der Waals surface area (Å²) in [6.45, 7) is 6.03. The average Bonchev–Trinajstić information content (AvgIpc) is 2.63. The molecule has 0 unspecified atom stereocenters. The van der Waals surface area contributed by atoms with Crippen LogP contribution >= 0.6 is 11.6 Å². The average molecular weight is 403 g/mol. The minimum absolute atomic E-state index is 0.150. The molecule has 5 heteroatoms. The summed E-state index contributed by atoms with van der Waals surface area (Å²) in [7, 11) is 0. The zero-order valence-corrected chi connectivity index (χ0v) is 18.4. The fourth-order valence-electron chi connectivity index (χ4n) is 2.96. The molecule has 0 aliphatic carbocycles. The fraction of sp³-hybridized carbons (Fsp3) is 0.818. The van der Waals surface area contributed by atoms with E-state index in [1.165, 1.54) is 57.8 Å². The third-order valence-electron chi connectivity index (χ3n) is 4.48. The van der Waals surface area contributed by atoms with Crippen molar-refractivity contribution in [3.05, 3.63) is 10.6 Å². The third-order valence-corrected chi connectivity index (χ3v) is 4.86. The highest BCUT2D eigenvalue weighted by molar-refractivity contribution is 6.35. The molecule has 0 amide bonds. The topological polar surface area (TPSA) is 52.6 Å². The Balaban J connectivity index is 3.99. The fourth-order valence-corrected chi connectivity index (χ4v) is 3.25. The van der Waals surface area contributed by atoms with Crippen LogP contribution in [0.3, 0.4) is 0 Å². The maximum absolute atomic E-state index is 12.0. The first kappa shape index (κ1) is 26.0. The summed E-state index contributed by atoms with van der Waals surface area (Å²) in [6, 6.07) is 0. The van der Waals surface area contributed by atoms with Gasteiger partial charge in [0.25, 0.3) is 0 Å². The smallest absolute Gasteiger partial charge is 0.346 e. The summed E-state index contributed by atoms with van der Waals surface area (Å²) in [5.41, 5.74) is -0.150. The molecule has 0 rings (SSSR count). The van der Waals surface area contributed by atoms with Crippen molar-refractivity contribution < 1.29 is 19.1 Å². The van der Waals surface area contributed by atoms with Crippen LogP contribution in [-0.2, 0) is 19.1 Å². The third kappa shape index (κ3) is 13.7. The van der Waals surface area contributed by atoms with Crippen molar-refractivity contribution in [2.75, 3.05) is 13.2 Å². The Morgan fingerprint density at radius 3 is 1.37 bits per heavy atom. The zero-order valence-electron chi connectivity index (χ0n) is 17.6. The van der Waals surface area contributed by atoms with Gasteiger partial charge in [-0.2, -0.15) is 0 Å². The number of rotatable bonds is 17. The first-order chi connectivity index (χ1) is 13.1. The minimum Gasteiger partial charge on any atom is -0.462 e. The van der Waals surface area contributed by atoms with Gasteiger partial charge in [0.15, 0.2) is 5.57 Å². The minimum atomic E-state index is -0.695. The van der Waals surface area contributed by atoms with Crippen LogP contribution in [0.5, 0.6) is 0 Å². The van der Waals surface area contributed by atoms with Gasteiger partial charge in [-0.3, -0.25) is 0 Å². The summed E-state index contributed by atoms with van der Waals surface area (Å²) < 4.78 is 9.85. The van der Waals surface area contributed by atoms with E-state index in [0.717, 1.165) is 19.3 Å². The maximum Gasteiger partial charge on any atom is 0.346 e. The zero-order chi connectivity index (χ0) is 20.3. The lowest BCUT2D eigenvalue weighted by Gasteiger charge is -2.09. The molecule has 0 fully saturated rings. The SMILES string of the molecule is CCCCCCCCCCCCCCC(Cl)=C(C(=O)OCC)C(=O)OCC. The molecule has 0 N–H and O–H groups in total. The van der Waals surface area contributed by atoms with Crippen LogP contribution in [0, 0.1) is 0 Å². The lowest BCUT2D eigenvalue weighted by Crippen LogP contribution is -2.19. The van der Waals surface area contributed by atoms with Gasteiger partial charge in [0.2, 0.25) is 0 Å². The largest absolute Gasteiger partial charge is 0.462 e. The molecule has 0 spiro atoms. The Labute approximate surface area is 171 Å². The molecular formula is C22H39ClO4. The molecular weight excluding hydrogens is 364 g/mol. The summed E-state index contributed by atoms with van der Waals surface area (Å²) in [4.78, 5) is 23.9. The highest BCUT2D eigenvalue weighted by Gasteiger charge is 2.24. The second-order valence-electron chi connectivity index (χ2n) is 6.86. The van der Waals surface area contributed by atoms with Gasteiger partial charge in [0.05, 0.1) is 13.2 Å². The van der Waals surface area contributed by atoms with Crippen LogP contribution < -0.4 is 0 Å². The van der Waals surface area contributed by atoms with Crippen LogP contribution in [-0.4, -0.2) is 25.2 Å². The Morgan fingerprint density at radius 2 is 1.00 bits per heavy atom. The van der Waals surface area contributed by atoms with Crippen LogP contribution in [0.25, 0.3) is 0 Å². The summed E-state index contributed by atoms with van der Waals surface area (Å²) in [6.07, 6.45) is 15.6. The molecule has 0 aromatic carbocycles. The Morgan fingerprint density at radius 1 is 0.630 bits per heavy atom. The molecule has 0 bridgehead atoms. The van der Waals surface area contributed by atoms with Gasteiger partial charge in [-0.15, -0.1) is 0 Å². The van der Waals surface area contributed by atoms with E-state index >= 15 is 0 Å². The normalized spacial score (nSPS) is 10.5. The van der Waals surface area contributed by atoms with Crippen LogP contribution in [0.4, 0.5) is 0 Å². The van der Waals surface area contributed by atoms with Crippen molar-refractivity contribution in [1.29, 1.82) is 0 Å². The number of carbonyl (C=O) groups is 2. The number of esters is 2. The Bertz CT molecular complexity index is 412. The van der Waals surface area contributed by atoms with Crippen molar-refractivity contribution in [3.8, 4) is 0 Å². The van der Waals surface area contributed by atoms with E-state index in [1.807, 2.05) is 0 Å². The number of carbonyl (C=O) groups excluding carboxylic acids is 2. The van der Waals surface area contributed by atoms with Gasteiger partial charge in [0, 0.05) is 5.03 Å². The van der Waals surface area contributed by atoms with E-state index in [2.05, 4.69) is 6.92 Å². The standard InChI is InChI=1S/C22H39ClO4/c1-4-7-8-9-10-11-12-13-14-15-16-17-18-19(23)20(21(24)26-5-2)22(25)27-6-3/h4-18H2,1-3H3. The predicted molar refractivity (Wildman–Crippen MR) is 112 cm³/mol. The van der Waals surface area contributed by atoms with Crippen molar-refractivity contribution in [2.24, 2.45) is 0 Å². The lowest BCUT2D eigenvalue weighted by molar-refractivity contribution is -0.146. The second-order valence-corrected chi connectivity index (χ2v) is 7.32. The molecule has 27 heavy (non-hydrogen) atoms. The van der Waals surface area contributed by atoms with Crippen molar-refractivity contribution in [3.63, 3.8) is 0 Å². The molecule has 0 saturated carbocycles. The molecule has 0 aromatic rings.